The Hall–Kier alpha value is -7.38. The number of ether oxygens (including phenoxy) is 3. The van der Waals surface area contributed by atoms with Crippen LogP contribution in [0.1, 0.15) is 83.7 Å². The molecule has 0 saturated carbocycles. The summed E-state index contributed by atoms with van der Waals surface area (Å²) in [4.78, 5) is 81.0. The van der Waals surface area contributed by atoms with E-state index in [1.165, 1.54) is 18.2 Å². The number of methoxy groups -OCH3 is 3. The molecule has 0 atom stereocenters. The number of carbonyl (C=O) groups is 6. The van der Waals surface area contributed by atoms with Crippen LogP contribution < -0.4 is 30.2 Å². The van der Waals surface area contributed by atoms with Gasteiger partial charge in [0.2, 0.25) is 0 Å². The molecule has 6 N–H and O–H groups in total. The Morgan fingerprint density at radius 1 is 0.388 bits per heavy atom. The van der Waals surface area contributed by atoms with E-state index in [9.17, 15) is 28.8 Å². The molecule has 3 heterocycles. The number of pyridine rings is 3. The molecule has 0 aliphatic heterocycles. The van der Waals surface area contributed by atoms with Crippen molar-refractivity contribution in [1.29, 1.82) is 0 Å². The number of amides is 3. The Bertz CT molecular complexity index is 2390. The minimum atomic E-state index is -1.18. The smallest absolute Gasteiger partial charge is 0.354 e. The molecule has 0 aliphatic rings. The number of aromatic carboxylic acids is 3. The number of hydrogen-bond donors (Lipinski definition) is 6. The van der Waals surface area contributed by atoms with Gasteiger partial charge in [-0.25, -0.2) is 29.3 Å². The second-order valence-corrected chi connectivity index (χ2v) is 13.6. The van der Waals surface area contributed by atoms with Crippen molar-refractivity contribution in [2.45, 2.75) is 20.8 Å². The van der Waals surface area contributed by atoms with Crippen LogP contribution in [0.4, 0.5) is 0 Å². The van der Waals surface area contributed by atoms with Crippen LogP contribution >= 0.6 is 0 Å². The molecule has 6 aromatic rings. The summed E-state index contributed by atoms with van der Waals surface area (Å²) in [5, 5.41) is 35.3. The summed E-state index contributed by atoms with van der Waals surface area (Å²) in [6, 6.07) is 30.4. The van der Waals surface area contributed by atoms with E-state index in [1.54, 1.807) is 133 Å². The van der Waals surface area contributed by atoms with Gasteiger partial charge in [0.25, 0.3) is 17.7 Å². The molecule has 0 aliphatic carbocycles. The summed E-state index contributed by atoms with van der Waals surface area (Å²) in [6.07, 6.45) is 0. The summed E-state index contributed by atoms with van der Waals surface area (Å²) in [5.74, 6) is -2.66. The van der Waals surface area contributed by atoms with E-state index in [2.05, 4.69) is 30.9 Å². The summed E-state index contributed by atoms with van der Waals surface area (Å²) in [5.41, 5.74) is 3.86. The number of hydrogen-bond acceptors (Lipinski definition) is 12. The van der Waals surface area contributed by atoms with Crippen molar-refractivity contribution >= 4 is 35.6 Å². The van der Waals surface area contributed by atoms with Gasteiger partial charge in [-0.15, -0.1) is 0 Å². The number of aromatic nitrogens is 3. The minimum Gasteiger partial charge on any atom is -0.497 e. The molecule has 6 rings (SSSR count). The van der Waals surface area contributed by atoms with E-state index >= 15 is 0 Å². The molecule has 18 nitrogen and oxygen atoms in total. The number of nitrogens with one attached hydrogen (secondary N) is 3. The number of benzene rings is 3. The van der Waals surface area contributed by atoms with Crippen molar-refractivity contribution in [1.82, 2.24) is 30.9 Å². The standard InChI is InChI=1S/3C16H16N2O4.Tb/c3*1-3-17-15(19)13-8-11(9-14(18-13)16(20)21)10-4-6-12(22-2)7-5-10;/h3*4-9H,3H2,1-2H3,(H,17,19)(H,20,21);. The van der Waals surface area contributed by atoms with Gasteiger partial charge in [0, 0.05) is 58.2 Å². The molecule has 0 spiro atoms. The van der Waals surface area contributed by atoms with Gasteiger partial charge in [0.05, 0.1) is 21.3 Å². The molecule has 0 saturated heterocycles. The number of carboxylic acid groups (broad SMARTS) is 3. The summed E-state index contributed by atoms with van der Waals surface area (Å²) in [6.45, 7) is 6.66. The van der Waals surface area contributed by atoms with E-state index < -0.39 is 35.6 Å². The molecule has 19 heteroatoms. The number of carboxylic acids is 3. The van der Waals surface area contributed by atoms with Crippen LogP contribution in [0, 0.1) is 38.6 Å². The maximum absolute atomic E-state index is 11.9. The van der Waals surface area contributed by atoms with E-state index in [4.69, 9.17) is 29.5 Å². The van der Waals surface area contributed by atoms with Crippen LogP contribution in [0.3, 0.4) is 0 Å². The molecular weight excluding hydrogens is 1010 g/mol. The first-order valence-corrected chi connectivity index (χ1v) is 20.2. The van der Waals surface area contributed by atoms with Crippen LogP contribution in [-0.4, -0.2) is 107 Å². The predicted octanol–water partition coefficient (Wildman–Crippen LogP) is 6.62. The fraction of sp³-hybridized carbons (Fsp3) is 0.188. The number of nitrogens with zero attached hydrogens (tertiary/aromatic N) is 3. The molecule has 3 amide bonds. The maximum atomic E-state index is 11.9. The average Bonchev–Trinajstić information content (AvgIpc) is 3.34. The Balaban J connectivity index is 0.000000264. The first kappa shape index (κ1) is 54.0. The van der Waals surface area contributed by atoms with Crippen molar-refractivity contribution in [2.24, 2.45) is 0 Å². The largest absolute Gasteiger partial charge is 0.497 e. The average molecular weight is 1060 g/mol. The Morgan fingerprint density at radius 2 is 0.597 bits per heavy atom. The van der Waals surface area contributed by atoms with Gasteiger partial charge in [-0.3, -0.25) is 14.4 Å². The fourth-order valence-corrected chi connectivity index (χ4v) is 5.87. The quantitative estimate of drug-likeness (QED) is 0.0632. The van der Waals surface area contributed by atoms with Gasteiger partial charge >= 0.3 is 17.9 Å². The predicted molar refractivity (Wildman–Crippen MR) is 244 cm³/mol. The van der Waals surface area contributed by atoms with Crippen molar-refractivity contribution < 1.29 is 96.9 Å². The zero-order chi connectivity index (χ0) is 48.3. The second-order valence-electron chi connectivity index (χ2n) is 13.6. The van der Waals surface area contributed by atoms with Crippen LogP contribution in [-0.2, 0) is 0 Å². The van der Waals surface area contributed by atoms with E-state index in [1.807, 2.05) is 0 Å². The first-order chi connectivity index (χ1) is 31.6. The second kappa shape index (κ2) is 26.5. The zero-order valence-electron chi connectivity index (χ0n) is 37.2. The molecule has 0 bridgehead atoms. The Morgan fingerprint density at radius 3 is 0.776 bits per heavy atom. The van der Waals surface area contributed by atoms with Crippen LogP contribution in [0.25, 0.3) is 33.4 Å². The zero-order valence-corrected chi connectivity index (χ0v) is 39.3. The molecule has 3 aromatic heterocycles. The van der Waals surface area contributed by atoms with E-state index in [0.717, 1.165) is 16.7 Å². The number of carbonyl (C=O) groups excluding carboxylic acids is 3. The summed E-state index contributed by atoms with van der Waals surface area (Å²) in [7, 11) is 4.70. The van der Waals surface area contributed by atoms with Crippen molar-refractivity contribution in [3.63, 3.8) is 0 Å². The Labute approximate surface area is 416 Å². The Kier molecular flexibility index (Phi) is 21.4. The van der Waals surface area contributed by atoms with Crippen molar-refractivity contribution in [3.05, 3.63) is 143 Å². The summed E-state index contributed by atoms with van der Waals surface area (Å²) >= 11 is 0. The van der Waals surface area contributed by atoms with Crippen molar-refractivity contribution in [3.8, 4) is 50.6 Å². The van der Waals surface area contributed by atoms with Crippen LogP contribution in [0.2, 0.25) is 0 Å². The number of rotatable bonds is 15. The third-order valence-electron chi connectivity index (χ3n) is 9.11. The van der Waals surface area contributed by atoms with Gasteiger partial charge in [0.1, 0.15) is 51.4 Å². The topological polar surface area (TPSA) is 266 Å². The van der Waals surface area contributed by atoms with Crippen molar-refractivity contribution in [2.75, 3.05) is 41.0 Å². The molecular formula is C48H48N6O12Tb. The molecule has 3 aromatic carbocycles. The van der Waals surface area contributed by atoms with Gasteiger partial charge < -0.3 is 45.5 Å². The maximum Gasteiger partial charge on any atom is 0.354 e. The SMILES string of the molecule is CCNC(=O)c1cc(-c2ccc(OC)cc2)cc(C(=O)O)n1.CCNC(=O)c1cc(-c2ccc(OC)cc2)cc(C(=O)O)n1.CCNC(=O)c1cc(-c2ccc(OC)cc2)cc(C(=O)O)n1.[Tb]. The molecule has 1 radical (unpaired) electrons. The molecule has 351 valence electrons. The van der Waals surface area contributed by atoms with E-state index in [0.29, 0.717) is 53.6 Å². The monoisotopic (exact) mass is 1060 g/mol. The molecule has 67 heavy (non-hydrogen) atoms. The van der Waals surface area contributed by atoms with Gasteiger partial charge in [-0.05, 0) is 127 Å². The van der Waals surface area contributed by atoms with Crippen LogP contribution in [0.5, 0.6) is 17.2 Å². The third kappa shape index (κ3) is 15.6. The molecule has 0 unspecified atom stereocenters. The fourth-order valence-electron chi connectivity index (χ4n) is 5.87. The normalized spacial score (nSPS) is 9.94. The van der Waals surface area contributed by atoms with Crippen LogP contribution in [0.15, 0.2) is 109 Å². The molecule has 0 fully saturated rings. The minimum absolute atomic E-state index is 0. The van der Waals surface area contributed by atoms with E-state index in [-0.39, 0.29) is 72.8 Å². The van der Waals surface area contributed by atoms with Gasteiger partial charge in [-0.1, -0.05) is 36.4 Å². The first-order valence-electron chi connectivity index (χ1n) is 20.2. The van der Waals surface area contributed by atoms with Gasteiger partial charge in [0.15, 0.2) is 0 Å². The summed E-state index contributed by atoms with van der Waals surface area (Å²) < 4.78 is 15.3. The van der Waals surface area contributed by atoms with Gasteiger partial charge in [-0.2, -0.15) is 0 Å². The third-order valence-corrected chi connectivity index (χ3v) is 9.11.